The molecule has 2 heterocycles. The predicted molar refractivity (Wildman–Crippen MR) is 139 cm³/mol. The summed E-state index contributed by atoms with van der Waals surface area (Å²) in [6, 6.07) is 13.9. The Labute approximate surface area is 213 Å². The second-order valence-electron chi connectivity index (χ2n) is 8.17. The van der Waals surface area contributed by atoms with Gasteiger partial charge in [0.25, 0.3) is 5.91 Å². The number of carbonyl (C=O) groups excluding carboxylic acids is 2. The number of benzene rings is 2. The molecule has 11 heteroatoms. The molecule has 1 aliphatic heterocycles. The van der Waals surface area contributed by atoms with Crippen molar-refractivity contribution < 1.29 is 9.59 Å². The normalized spacial score (nSPS) is 14.9. The third-order valence-corrected chi connectivity index (χ3v) is 6.74. The number of primary amides is 1. The zero-order chi connectivity index (χ0) is 25.0. The molecule has 0 unspecified atom stereocenters. The summed E-state index contributed by atoms with van der Waals surface area (Å²) in [4.78, 5) is 36.1. The predicted octanol–water partition coefficient (Wildman–Crippen LogP) is 3.82. The van der Waals surface area contributed by atoms with E-state index >= 15 is 0 Å². The highest BCUT2D eigenvalue weighted by molar-refractivity contribution is 6.34. The largest absolute Gasteiger partial charge is 0.368 e. The number of halogens is 2. The summed E-state index contributed by atoms with van der Waals surface area (Å²) in [6.45, 7) is 0.992. The van der Waals surface area contributed by atoms with E-state index in [1.54, 1.807) is 55.6 Å². The van der Waals surface area contributed by atoms with Crippen LogP contribution in [0, 0.1) is 0 Å². The first kappa shape index (κ1) is 24.7. The molecule has 0 aliphatic carbocycles. The fourth-order valence-electron chi connectivity index (χ4n) is 4.04. The second-order valence-corrected chi connectivity index (χ2v) is 9.01. The van der Waals surface area contributed by atoms with Crippen LogP contribution in [-0.2, 0) is 4.79 Å². The molecule has 5 N–H and O–H groups in total. The third-order valence-electron chi connectivity index (χ3n) is 6.16. The van der Waals surface area contributed by atoms with Gasteiger partial charge in [-0.2, -0.15) is 0 Å². The Morgan fingerprint density at radius 1 is 1.03 bits per heavy atom. The molecular weight excluding hydrogens is 489 g/mol. The first-order valence-electron chi connectivity index (χ1n) is 11.0. The quantitative estimate of drug-likeness (QED) is 0.378. The van der Waals surface area contributed by atoms with Gasteiger partial charge in [0.05, 0.1) is 10.6 Å². The van der Waals surface area contributed by atoms with Gasteiger partial charge < -0.3 is 26.6 Å². The van der Waals surface area contributed by atoms with Gasteiger partial charge in [0.1, 0.15) is 17.6 Å². The van der Waals surface area contributed by atoms with Crippen molar-refractivity contribution in [1.82, 2.24) is 15.3 Å². The molecule has 0 bridgehead atoms. The molecule has 0 radical (unpaired) electrons. The maximum atomic E-state index is 13.2. The van der Waals surface area contributed by atoms with E-state index in [0.717, 1.165) is 5.69 Å². The van der Waals surface area contributed by atoms with Gasteiger partial charge in [-0.25, -0.2) is 9.97 Å². The number of amides is 2. The van der Waals surface area contributed by atoms with E-state index in [0.29, 0.717) is 58.9 Å². The van der Waals surface area contributed by atoms with Crippen molar-refractivity contribution >= 4 is 58.0 Å². The number of nitrogens with two attached hydrogens (primary N) is 1. The van der Waals surface area contributed by atoms with Crippen LogP contribution in [-0.4, -0.2) is 47.5 Å². The fourth-order valence-corrected chi connectivity index (χ4v) is 4.39. The number of nitrogens with one attached hydrogen (secondary N) is 3. The van der Waals surface area contributed by atoms with Crippen molar-refractivity contribution in [1.29, 1.82) is 0 Å². The van der Waals surface area contributed by atoms with Crippen molar-refractivity contribution in [2.75, 3.05) is 35.7 Å². The maximum Gasteiger partial charge on any atom is 0.257 e. The Morgan fingerprint density at radius 2 is 1.71 bits per heavy atom. The molecule has 1 aromatic heterocycles. The lowest BCUT2D eigenvalue weighted by Crippen LogP contribution is -2.60. The molecule has 1 aliphatic rings. The highest BCUT2D eigenvalue weighted by Crippen LogP contribution is 2.35. The van der Waals surface area contributed by atoms with Crippen LogP contribution >= 0.6 is 23.2 Å². The van der Waals surface area contributed by atoms with Crippen molar-refractivity contribution in [2.24, 2.45) is 5.73 Å². The molecule has 3 aromatic rings. The monoisotopic (exact) mass is 513 g/mol. The van der Waals surface area contributed by atoms with Crippen molar-refractivity contribution in [2.45, 2.75) is 18.4 Å². The number of anilines is 4. The minimum Gasteiger partial charge on any atom is -0.368 e. The van der Waals surface area contributed by atoms with Gasteiger partial charge in [-0.3, -0.25) is 9.59 Å². The summed E-state index contributed by atoms with van der Waals surface area (Å²) in [5.74, 6) is 0.133. The Morgan fingerprint density at radius 3 is 2.34 bits per heavy atom. The summed E-state index contributed by atoms with van der Waals surface area (Å²) in [7, 11) is 1.73. The third kappa shape index (κ3) is 5.32. The molecule has 0 spiro atoms. The average Bonchev–Trinajstić information content (AvgIpc) is 2.86. The number of aromatic nitrogens is 2. The molecule has 0 saturated carbocycles. The number of piperidine rings is 1. The van der Waals surface area contributed by atoms with Crippen LogP contribution in [0.25, 0.3) is 0 Å². The fraction of sp³-hybridized carbons (Fsp3) is 0.250. The lowest BCUT2D eigenvalue weighted by atomic mass is 9.87. The first-order chi connectivity index (χ1) is 16.8. The maximum absolute atomic E-state index is 13.2. The Kier molecular flexibility index (Phi) is 7.39. The van der Waals surface area contributed by atoms with E-state index in [1.165, 1.54) is 6.33 Å². The molecule has 9 nitrogen and oxygen atoms in total. The Bertz CT molecular complexity index is 1230. The topological polar surface area (TPSA) is 125 Å². The van der Waals surface area contributed by atoms with Crippen molar-refractivity contribution in [3.8, 4) is 0 Å². The number of carbonyl (C=O) groups is 2. The summed E-state index contributed by atoms with van der Waals surface area (Å²) in [5.41, 5.74) is 6.32. The van der Waals surface area contributed by atoms with Crippen molar-refractivity contribution in [3.63, 3.8) is 0 Å². The van der Waals surface area contributed by atoms with Gasteiger partial charge in [-0.1, -0.05) is 35.3 Å². The molecule has 0 atom stereocenters. The zero-order valence-corrected chi connectivity index (χ0v) is 20.5. The van der Waals surface area contributed by atoms with Crippen LogP contribution in [0.5, 0.6) is 0 Å². The molecule has 1 fully saturated rings. The molecule has 4 rings (SSSR count). The van der Waals surface area contributed by atoms with E-state index in [2.05, 4.69) is 25.9 Å². The lowest BCUT2D eigenvalue weighted by Gasteiger charge is -2.40. The van der Waals surface area contributed by atoms with Crippen LogP contribution in [0.15, 0.2) is 54.9 Å². The first-order valence-corrected chi connectivity index (χ1v) is 11.8. The van der Waals surface area contributed by atoms with E-state index in [4.69, 9.17) is 28.9 Å². The summed E-state index contributed by atoms with van der Waals surface area (Å²) in [6.07, 6.45) is 2.40. The van der Waals surface area contributed by atoms with Crippen LogP contribution < -0.4 is 26.6 Å². The average molecular weight is 514 g/mol. The summed E-state index contributed by atoms with van der Waals surface area (Å²) < 4.78 is 0. The van der Waals surface area contributed by atoms with Gasteiger partial charge in [0.2, 0.25) is 5.91 Å². The molecule has 2 aromatic carbocycles. The molecule has 1 saturated heterocycles. The molecule has 182 valence electrons. The number of hydrogen-bond donors (Lipinski definition) is 4. The van der Waals surface area contributed by atoms with Crippen LogP contribution in [0.2, 0.25) is 10.0 Å². The number of rotatable bonds is 7. The highest BCUT2D eigenvalue weighted by atomic mass is 35.5. The summed E-state index contributed by atoms with van der Waals surface area (Å²) in [5, 5.41) is 10.2. The Hall–Kier alpha value is -3.40. The number of likely N-dealkylation sites (N-methyl/N-ethyl adjacent to an activating group) is 1. The second kappa shape index (κ2) is 10.5. The number of nitrogens with zero attached hydrogens (tertiary/aromatic N) is 3. The molecule has 2 amide bonds. The smallest absolute Gasteiger partial charge is 0.257 e. The van der Waals surface area contributed by atoms with E-state index in [1.807, 2.05) is 4.90 Å². The van der Waals surface area contributed by atoms with Gasteiger partial charge in [-0.15, -0.1) is 0 Å². The Balaban J connectivity index is 1.69. The van der Waals surface area contributed by atoms with Crippen molar-refractivity contribution in [3.05, 3.63) is 70.5 Å². The van der Waals surface area contributed by atoms with Crippen LogP contribution in [0.1, 0.15) is 23.2 Å². The zero-order valence-electron chi connectivity index (χ0n) is 19.0. The highest BCUT2D eigenvalue weighted by Gasteiger charge is 2.39. The van der Waals surface area contributed by atoms with Crippen LogP contribution in [0.4, 0.5) is 23.0 Å². The van der Waals surface area contributed by atoms with Gasteiger partial charge in [0, 0.05) is 23.8 Å². The standard InChI is InChI=1S/C24H25Cl2N7O2/c1-28-24(23(27)35)10-12-33(13-11-24)21-19(32-22(34)17-4-2-3-5-18(17)26)20(29-14-30-21)31-16-8-6-15(25)7-9-16/h2-9,14,28H,10-13H2,1H3,(H2,27,35)(H,32,34)(H,29,30,31). The minimum atomic E-state index is -0.783. The van der Waals surface area contributed by atoms with E-state index in [-0.39, 0.29) is 5.91 Å². The van der Waals surface area contributed by atoms with Gasteiger partial charge in [0.15, 0.2) is 11.6 Å². The molecular formula is C24H25Cl2N7O2. The number of hydrogen-bond acceptors (Lipinski definition) is 7. The van der Waals surface area contributed by atoms with E-state index in [9.17, 15) is 9.59 Å². The molecule has 35 heavy (non-hydrogen) atoms. The summed E-state index contributed by atoms with van der Waals surface area (Å²) >= 11 is 12.3. The van der Waals surface area contributed by atoms with Crippen LogP contribution in [0.3, 0.4) is 0 Å². The lowest BCUT2D eigenvalue weighted by molar-refractivity contribution is -0.125. The minimum absolute atomic E-state index is 0.322. The van der Waals surface area contributed by atoms with E-state index < -0.39 is 11.4 Å². The SMILES string of the molecule is CNC1(C(N)=O)CCN(c2ncnc(Nc3ccc(Cl)cc3)c2NC(=O)c2ccccc2Cl)CC1. The van der Waals surface area contributed by atoms with Gasteiger partial charge >= 0.3 is 0 Å². The van der Waals surface area contributed by atoms with Gasteiger partial charge in [-0.05, 0) is 56.3 Å².